The lowest BCUT2D eigenvalue weighted by atomic mass is 10.4. The molecule has 2 nitrogen and oxygen atoms in total. The van der Waals surface area contributed by atoms with E-state index in [-0.39, 0.29) is 0 Å². The second-order valence-electron chi connectivity index (χ2n) is 2.64. The standard InChI is InChI=1S/C5H6F4O2/c1-3(2)10-4(6,7)5(8,9)11-3/h1-2H3. The Labute approximate surface area is 60.1 Å². The Hall–Kier alpha value is -0.360. The van der Waals surface area contributed by atoms with Crippen LogP contribution in [0, 0.1) is 0 Å². The molecule has 11 heavy (non-hydrogen) atoms. The largest absolute Gasteiger partial charge is 0.450 e. The summed E-state index contributed by atoms with van der Waals surface area (Å²) in [6, 6.07) is 0. The summed E-state index contributed by atoms with van der Waals surface area (Å²) < 4.78 is 55.8. The molecule has 1 fully saturated rings. The van der Waals surface area contributed by atoms with Crippen LogP contribution in [0.15, 0.2) is 0 Å². The molecule has 0 amide bonds. The molecule has 0 aromatic carbocycles. The van der Waals surface area contributed by atoms with Gasteiger partial charge in [0.25, 0.3) is 0 Å². The smallest absolute Gasteiger partial charge is 0.281 e. The molecule has 1 aliphatic heterocycles. The number of rotatable bonds is 0. The number of alkyl halides is 4. The van der Waals surface area contributed by atoms with E-state index in [1.165, 1.54) is 0 Å². The van der Waals surface area contributed by atoms with Crippen molar-refractivity contribution in [2.24, 2.45) is 0 Å². The van der Waals surface area contributed by atoms with Gasteiger partial charge in [-0.25, -0.2) is 0 Å². The van der Waals surface area contributed by atoms with Crippen LogP contribution in [0.5, 0.6) is 0 Å². The van der Waals surface area contributed by atoms with Gasteiger partial charge in [-0.05, 0) is 13.8 Å². The predicted molar refractivity (Wildman–Crippen MR) is 26.1 cm³/mol. The molecule has 0 atom stereocenters. The van der Waals surface area contributed by atoms with Crippen LogP contribution < -0.4 is 0 Å². The van der Waals surface area contributed by atoms with Crippen molar-refractivity contribution in [2.45, 2.75) is 31.9 Å². The van der Waals surface area contributed by atoms with Gasteiger partial charge in [0, 0.05) is 0 Å². The van der Waals surface area contributed by atoms with E-state index in [0.717, 1.165) is 13.8 Å². The Bertz CT molecular complexity index is 159. The third-order valence-electron chi connectivity index (χ3n) is 1.09. The van der Waals surface area contributed by atoms with Crippen molar-refractivity contribution < 1.29 is 27.0 Å². The monoisotopic (exact) mass is 174 g/mol. The van der Waals surface area contributed by atoms with Crippen LogP contribution in [0.3, 0.4) is 0 Å². The molecule has 0 spiro atoms. The van der Waals surface area contributed by atoms with E-state index in [0.29, 0.717) is 0 Å². The third-order valence-corrected chi connectivity index (χ3v) is 1.09. The van der Waals surface area contributed by atoms with Gasteiger partial charge in [-0.3, -0.25) is 9.47 Å². The SMILES string of the molecule is CC1(C)OC(F)(F)C(F)(F)O1. The minimum atomic E-state index is -4.53. The number of ether oxygens (including phenoxy) is 2. The van der Waals surface area contributed by atoms with Gasteiger partial charge in [-0.1, -0.05) is 0 Å². The summed E-state index contributed by atoms with van der Waals surface area (Å²) in [6.07, 6.45) is -9.06. The minimum absolute atomic E-state index is 0.988. The molecular formula is C5H6F4O2. The lowest BCUT2D eigenvalue weighted by molar-refractivity contribution is -0.344. The highest BCUT2D eigenvalue weighted by Gasteiger charge is 2.70. The van der Waals surface area contributed by atoms with E-state index in [1.807, 2.05) is 0 Å². The van der Waals surface area contributed by atoms with Crippen LogP contribution in [0.25, 0.3) is 0 Å². The Kier molecular flexibility index (Phi) is 1.48. The summed E-state index contributed by atoms with van der Waals surface area (Å²) in [7, 11) is 0. The number of hydrogen-bond acceptors (Lipinski definition) is 2. The van der Waals surface area contributed by atoms with E-state index in [1.54, 1.807) is 0 Å². The molecular weight excluding hydrogens is 168 g/mol. The lowest BCUT2D eigenvalue weighted by Gasteiger charge is -2.13. The third kappa shape index (κ3) is 1.32. The maximum Gasteiger partial charge on any atom is 0.450 e. The normalized spacial score (nSPS) is 32.2. The Balaban J connectivity index is 2.89. The van der Waals surface area contributed by atoms with E-state index in [9.17, 15) is 17.6 Å². The van der Waals surface area contributed by atoms with Crippen LogP contribution in [0.1, 0.15) is 13.8 Å². The molecule has 1 heterocycles. The second-order valence-corrected chi connectivity index (χ2v) is 2.64. The van der Waals surface area contributed by atoms with Gasteiger partial charge in [-0.2, -0.15) is 17.6 Å². The number of hydrogen-bond donors (Lipinski definition) is 0. The highest BCUT2D eigenvalue weighted by atomic mass is 19.3. The first-order valence-corrected chi connectivity index (χ1v) is 2.82. The minimum Gasteiger partial charge on any atom is -0.281 e. The molecule has 6 heteroatoms. The molecule has 0 N–H and O–H groups in total. The summed E-state index contributed by atoms with van der Waals surface area (Å²) >= 11 is 0. The Morgan fingerprint density at radius 1 is 0.818 bits per heavy atom. The summed E-state index contributed by atoms with van der Waals surface area (Å²) in [5.74, 6) is -1.94. The average molecular weight is 174 g/mol. The summed E-state index contributed by atoms with van der Waals surface area (Å²) in [4.78, 5) is 0. The van der Waals surface area contributed by atoms with Crippen molar-refractivity contribution in [1.29, 1.82) is 0 Å². The zero-order chi connectivity index (χ0) is 8.91. The lowest BCUT2D eigenvalue weighted by Crippen LogP contribution is -2.36. The summed E-state index contributed by atoms with van der Waals surface area (Å²) in [5, 5.41) is 0. The molecule has 0 aliphatic carbocycles. The highest BCUT2D eigenvalue weighted by molar-refractivity contribution is 4.78. The maximum atomic E-state index is 12.1. The van der Waals surface area contributed by atoms with E-state index in [2.05, 4.69) is 9.47 Å². The fraction of sp³-hybridized carbons (Fsp3) is 1.00. The van der Waals surface area contributed by atoms with Gasteiger partial charge in [0.2, 0.25) is 0 Å². The van der Waals surface area contributed by atoms with Gasteiger partial charge in [0.1, 0.15) is 0 Å². The van der Waals surface area contributed by atoms with Crippen LogP contribution in [0.4, 0.5) is 17.6 Å². The zero-order valence-electron chi connectivity index (χ0n) is 5.83. The Morgan fingerprint density at radius 2 is 1.09 bits per heavy atom. The van der Waals surface area contributed by atoms with Gasteiger partial charge in [0.05, 0.1) is 0 Å². The van der Waals surface area contributed by atoms with Crippen molar-refractivity contribution in [3.63, 3.8) is 0 Å². The predicted octanol–water partition coefficient (Wildman–Crippen LogP) is 1.95. The fourth-order valence-corrected chi connectivity index (χ4v) is 0.757. The van der Waals surface area contributed by atoms with Crippen molar-refractivity contribution in [2.75, 3.05) is 0 Å². The van der Waals surface area contributed by atoms with Crippen LogP contribution in [0.2, 0.25) is 0 Å². The topological polar surface area (TPSA) is 18.5 Å². The highest BCUT2D eigenvalue weighted by Crippen LogP contribution is 2.47. The summed E-state index contributed by atoms with van der Waals surface area (Å²) in [5.41, 5.74) is 0. The average Bonchev–Trinajstić information content (AvgIpc) is 1.66. The molecule has 1 saturated heterocycles. The van der Waals surface area contributed by atoms with Gasteiger partial charge in [0.15, 0.2) is 5.79 Å². The second kappa shape index (κ2) is 1.87. The van der Waals surface area contributed by atoms with E-state index in [4.69, 9.17) is 0 Å². The molecule has 1 aliphatic rings. The molecule has 0 radical (unpaired) electrons. The molecule has 66 valence electrons. The van der Waals surface area contributed by atoms with Gasteiger partial charge < -0.3 is 0 Å². The first-order chi connectivity index (χ1) is 4.66. The van der Waals surface area contributed by atoms with E-state index < -0.39 is 18.0 Å². The zero-order valence-corrected chi connectivity index (χ0v) is 5.83. The van der Waals surface area contributed by atoms with Gasteiger partial charge >= 0.3 is 12.2 Å². The Morgan fingerprint density at radius 3 is 1.18 bits per heavy atom. The van der Waals surface area contributed by atoms with Crippen molar-refractivity contribution in [1.82, 2.24) is 0 Å². The quantitative estimate of drug-likeness (QED) is 0.522. The molecule has 0 bridgehead atoms. The van der Waals surface area contributed by atoms with Crippen LogP contribution in [-0.4, -0.2) is 18.0 Å². The molecule has 0 saturated carbocycles. The van der Waals surface area contributed by atoms with Crippen molar-refractivity contribution >= 4 is 0 Å². The van der Waals surface area contributed by atoms with Crippen molar-refractivity contribution in [3.05, 3.63) is 0 Å². The summed E-state index contributed by atoms with van der Waals surface area (Å²) in [6.45, 7) is 1.98. The van der Waals surface area contributed by atoms with E-state index >= 15 is 0 Å². The maximum absolute atomic E-state index is 12.1. The van der Waals surface area contributed by atoms with Crippen LogP contribution >= 0.6 is 0 Å². The molecule has 0 aromatic rings. The molecule has 0 unspecified atom stereocenters. The van der Waals surface area contributed by atoms with Crippen molar-refractivity contribution in [3.8, 4) is 0 Å². The first-order valence-electron chi connectivity index (χ1n) is 2.82. The molecule has 1 rings (SSSR count). The first kappa shape index (κ1) is 8.73. The number of halogens is 4. The van der Waals surface area contributed by atoms with Gasteiger partial charge in [-0.15, -0.1) is 0 Å². The molecule has 0 aromatic heterocycles. The fourth-order valence-electron chi connectivity index (χ4n) is 0.757. The van der Waals surface area contributed by atoms with Crippen LogP contribution in [-0.2, 0) is 9.47 Å².